The van der Waals surface area contributed by atoms with Gasteiger partial charge in [-0.25, -0.2) is 18.2 Å². The van der Waals surface area contributed by atoms with Crippen LogP contribution in [-0.2, 0) is 16.0 Å². The number of halogens is 4. The SMILES string of the molecule is CCOC(=O)Cc1nc2ccc(Br)cn2c1NC(=O)c1ccc(F)c(F)c1F. The van der Waals surface area contributed by atoms with Gasteiger partial charge in [-0.3, -0.25) is 14.0 Å². The summed E-state index contributed by atoms with van der Waals surface area (Å²) in [6, 6.07) is 4.81. The summed E-state index contributed by atoms with van der Waals surface area (Å²) in [7, 11) is 0. The van der Waals surface area contributed by atoms with Gasteiger partial charge in [0, 0.05) is 10.7 Å². The molecule has 10 heteroatoms. The van der Waals surface area contributed by atoms with Crippen molar-refractivity contribution in [3.63, 3.8) is 0 Å². The van der Waals surface area contributed by atoms with Crippen LogP contribution in [0, 0.1) is 17.5 Å². The number of carbonyl (C=O) groups is 2. The van der Waals surface area contributed by atoms with Gasteiger partial charge < -0.3 is 10.1 Å². The molecule has 28 heavy (non-hydrogen) atoms. The number of hydrogen-bond donors (Lipinski definition) is 1. The summed E-state index contributed by atoms with van der Waals surface area (Å²) in [5.74, 6) is -6.28. The van der Waals surface area contributed by atoms with E-state index in [4.69, 9.17) is 4.74 Å². The van der Waals surface area contributed by atoms with E-state index in [1.54, 1.807) is 25.3 Å². The molecule has 3 aromatic rings. The number of rotatable bonds is 5. The number of esters is 1. The monoisotopic (exact) mass is 455 g/mol. The van der Waals surface area contributed by atoms with Gasteiger partial charge in [0.15, 0.2) is 17.5 Å². The molecule has 0 saturated heterocycles. The maximum absolute atomic E-state index is 14.0. The highest BCUT2D eigenvalue weighted by Gasteiger charge is 2.23. The second kappa shape index (κ2) is 8.01. The molecule has 0 aliphatic heterocycles. The van der Waals surface area contributed by atoms with Crippen LogP contribution in [0.25, 0.3) is 5.65 Å². The summed E-state index contributed by atoms with van der Waals surface area (Å²) in [6.07, 6.45) is 1.33. The molecule has 1 aromatic carbocycles. The molecule has 0 spiro atoms. The average Bonchev–Trinajstić information content (AvgIpc) is 2.96. The molecule has 0 aliphatic carbocycles. The summed E-state index contributed by atoms with van der Waals surface area (Å²) < 4.78 is 47.5. The third-order valence-corrected chi connectivity index (χ3v) is 4.25. The Morgan fingerprint density at radius 3 is 2.64 bits per heavy atom. The largest absolute Gasteiger partial charge is 0.466 e. The normalized spacial score (nSPS) is 10.9. The van der Waals surface area contributed by atoms with Gasteiger partial charge in [-0.1, -0.05) is 0 Å². The second-order valence-electron chi connectivity index (χ2n) is 5.64. The Labute approximate surface area is 165 Å². The van der Waals surface area contributed by atoms with Crippen molar-refractivity contribution < 1.29 is 27.5 Å². The minimum Gasteiger partial charge on any atom is -0.466 e. The van der Waals surface area contributed by atoms with Crippen LogP contribution in [-0.4, -0.2) is 27.9 Å². The topological polar surface area (TPSA) is 72.7 Å². The van der Waals surface area contributed by atoms with E-state index in [0.717, 1.165) is 6.07 Å². The van der Waals surface area contributed by atoms with Gasteiger partial charge in [0.2, 0.25) is 0 Å². The zero-order valence-corrected chi connectivity index (χ0v) is 16.0. The molecule has 0 saturated carbocycles. The highest BCUT2D eigenvalue weighted by atomic mass is 79.9. The zero-order valence-electron chi connectivity index (χ0n) is 14.4. The number of carbonyl (C=O) groups excluding carboxylic acids is 2. The van der Waals surface area contributed by atoms with E-state index in [-0.39, 0.29) is 24.5 Å². The predicted octanol–water partition coefficient (Wildman–Crippen LogP) is 3.87. The first-order valence-electron chi connectivity index (χ1n) is 8.08. The van der Waals surface area contributed by atoms with Crippen molar-refractivity contribution >= 4 is 39.3 Å². The summed E-state index contributed by atoms with van der Waals surface area (Å²) in [4.78, 5) is 28.6. The number of imidazole rings is 1. The molecular weight excluding hydrogens is 443 g/mol. The minimum absolute atomic E-state index is 0.0819. The van der Waals surface area contributed by atoms with Crippen LogP contribution < -0.4 is 5.32 Å². The molecule has 146 valence electrons. The van der Waals surface area contributed by atoms with Gasteiger partial charge >= 0.3 is 5.97 Å². The summed E-state index contributed by atoms with van der Waals surface area (Å²) in [6.45, 7) is 1.81. The van der Waals surface area contributed by atoms with Gasteiger partial charge in [-0.2, -0.15) is 0 Å². The van der Waals surface area contributed by atoms with E-state index in [9.17, 15) is 22.8 Å². The first-order valence-corrected chi connectivity index (χ1v) is 8.88. The molecule has 2 aromatic heterocycles. The number of amides is 1. The number of benzene rings is 1. The Kier molecular flexibility index (Phi) is 5.68. The molecule has 3 rings (SSSR count). The number of nitrogens with one attached hydrogen (secondary N) is 1. The predicted molar refractivity (Wildman–Crippen MR) is 97.5 cm³/mol. The highest BCUT2D eigenvalue weighted by Crippen LogP contribution is 2.24. The van der Waals surface area contributed by atoms with Crippen LogP contribution in [0.4, 0.5) is 19.0 Å². The number of fused-ring (bicyclic) bond motifs is 1. The Hall–Kier alpha value is -2.88. The number of aromatic nitrogens is 2. The van der Waals surface area contributed by atoms with Crippen molar-refractivity contribution in [2.75, 3.05) is 11.9 Å². The van der Waals surface area contributed by atoms with Gasteiger partial charge in [-0.05, 0) is 47.1 Å². The molecule has 0 radical (unpaired) electrons. The van der Waals surface area contributed by atoms with E-state index in [0.29, 0.717) is 16.2 Å². The molecular formula is C18H13BrF3N3O3. The highest BCUT2D eigenvalue weighted by molar-refractivity contribution is 9.10. The lowest BCUT2D eigenvalue weighted by atomic mass is 10.2. The molecule has 0 fully saturated rings. The lowest BCUT2D eigenvalue weighted by molar-refractivity contribution is -0.142. The lowest BCUT2D eigenvalue weighted by Gasteiger charge is -2.09. The maximum atomic E-state index is 14.0. The Morgan fingerprint density at radius 1 is 1.18 bits per heavy atom. The molecule has 1 amide bonds. The smallest absolute Gasteiger partial charge is 0.312 e. The van der Waals surface area contributed by atoms with E-state index in [2.05, 4.69) is 26.2 Å². The second-order valence-corrected chi connectivity index (χ2v) is 6.56. The Morgan fingerprint density at radius 2 is 1.93 bits per heavy atom. The van der Waals surface area contributed by atoms with Gasteiger partial charge in [0.25, 0.3) is 5.91 Å². The number of pyridine rings is 1. The van der Waals surface area contributed by atoms with Crippen LogP contribution in [0.15, 0.2) is 34.9 Å². The van der Waals surface area contributed by atoms with E-state index in [1.165, 1.54) is 4.40 Å². The van der Waals surface area contributed by atoms with Crippen molar-refractivity contribution in [1.29, 1.82) is 0 Å². The van der Waals surface area contributed by atoms with E-state index in [1.807, 2.05) is 0 Å². The molecule has 2 heterocycles. The number of hydrogen-bond acceptors (Lipinski definition) is 4. The first-order chi connectivity index (χ1) is 13.3. The number of anilines is 1. The fraction of sp³-hybridized carbons (Fsp3) is 0.167. The van der Waals surface area contributed by atoms with E-state index < -0.39 is 34.9 Å². The Bertz CT molecular complexity index is 1080. The molecule has 0 atom stereocenters. The molecule has 6 nitrogen and oxygen atoms in total. The van der Waals surface area contributed by atoms with Gasteiger partial charge in [0.1, 0.15) is 11.5 Å². The quantitative estimate of drug-likeness (QED) is 0.468. The van der Waals surface area contributed by atoms with Crippen molar-refractivity contribution in [2.45, 2.75) is 13.3 Å². The first kappa shape index (κ1) is 19.9. The van der Waals surface area contributed by atoms with Gasteiger partial charge in [0.05, 0.1) is 24.3 Å². The number of nitrogens with zero attached hydrogens (tertiary/aromatic N) is 2. The maximum Gasteiger partial charge on any atom is 0.312 e. The van der Waals surface area contributed by atoms with Crippen molar-refractivity contribution in [1.82, 2.24) is 9.38 Å². The van der Waals surface area contributed by atoms with Crippen molar-refractivity contribution in [2.24, 2.45) is 0 Å². The van der Waals surface area contributed by atoms with Crippen LogP contribution in [0.3, 0.4) is 0 Å². The molecule has 0 unspecified atom stereocenters. The van der Waals surface area contributed by atoms with Crippen molar-refractivity contribution in [3.05, 3.63) is 63.6 Å². The summed E-state index contributed by atoms with van der Waals surface area (Å²) in [5, 5.41) is 2.42. The van der Waals surface area contributed by atoms with Crippen molar-refractivity contribution in [3.8, 4) is 0 Å². The average molecular weight is 456 g/mol. The van der Waals surface area contributed by atoms with Crippen LogP contribution >= 0.6 is 15.9 Å². The molecule has 0 aliphatic rings. The molecule has 0 bridgehead atoms. The zero-order chi connectivity index (χ0) is 20.4. The standard InChI is InChI=1S/C18H13BrF3N3O3/c1-2-28-14(26)7-12-17(25-8-9(19)3-6-13(25)23-12)24-18(27)10-4-5-11(20)16(22)15(10)21/h3-6,8H,2,7H2,1H3,(H,24,27). The van der Waals surface area contributed by atoms with E-state index >= 15 is 0 Å². The van der Waals surface area contributed by atoms with Crippen LogP contribution in [0.2, 0.25) is 0 Å². The summed E-state index contributed by atoms with van der Waals surface area (Å²) >= 11 is 3.29. The fourth-order valence-corrected chi connectivity index (χ4v) is 2.88. The molecule has 1 N–H and O–H groups in total. The lowest BCUT2D eigenvalue weighted by Crippen LogP contribution is -2.18. The minimum atomic E-state index is -1.75. The fourth-order valence-electron chi connectivity index (χ4n) is 2.55. The number of ether oxygens (including phenoxy) is 1. The third-order valence-electron chi connectivity index (χ3n) is 3.78. The van der Waals surface area contributed by atoms with Gasteiger partial charge in [-0.15, -0.1) is 0 Å². The van der Waals surface area contributed by atoms with Crippen LogP contribution in [0.1, 0.15) is 23.0 Å². The van der Waals surface area contributed by atoms with Crippen LogP contribution in [0.5, 0.6) is 0 Å². The summed E-state index contributed by atoms with van der Waals surface area (Å²) in [5.41, 5.74) is -0.109. The third kappa shape index (κ3) is 3.86. The Balaban J connectivity index is 2.03.